The third kappa shape index (κ3) is 2.87. The van der Waals surface area contributed by atoms with Gasteiger partial charge in [-0.2, -0.15) is 0 Å². The van der Waals surface area contributed by atoms with Gasteiger partial charge < -0.3 is 9.47 Å². The van der Waals surface area contributed by atoms with Gasteiger partial charge in [0.15, 0.2) is 5.16 Å². The van der Waals surface area contributed by atoms with Crippen molar-refractivity contribution in [2.75, 3.05) is 25.4 Å². The van der Waals surface area contributed by atoms with Gasteiger partial charge in [-0.3, -0.25) is 0 Å². The van der Waals surface area contributed by atoms with Crippen LogP contribution < -0.4 is 0 Å². The smallest absolute Gasteiger partial charge is 0.168 e. The van der Waals surface area contributed by atoms with E-state index in [1.807, 2.05) is 17.8 Å². The van der Waals surface area contributed by atoms with E-state index in [0.717, 1.165) is 36.1 Å². The summed E-state index contributed by atoms with van der Waals surface area (Å²) in [7, 11) is 2.09. The van der Waals surface area contributed by atoms with Crippen LogP contribution in [0.15, 0.2) is 29.4 Å². The molecular formula is C14H21N3S. The molecule has 0 fully saturated rings. The lowest BCUT2D eigenvalue weighted by Gasteiger charge is -2.16. The lowest BCUT2D eigenvalue weighted by molar-refractivity contribution is 0.324. The molecule has 1 heterocycles. The van der Waals surface area contributed by atoms with E-state index < -0.39 is 0 Å². The Hall–Kier alpha value is -1.00. The van der Waals surface area contributed by atoms with Gasteiger partial charge in [0.25, 0.3) is 0 Å². The van der Waals surface area contributed by atoms with Crippen molar-refractivity contribution < 1.29 is 0 Å². The van der Waals surface area contributed by atoms with Gasteiger partial charge >= 0.3 is 0 Å². The number of para-hydroxylation sites is 2. The second-order valence-electron chi connectivity index (χ2n) is 4.32. The zero-order valence-corrected chi connectivity index (χ0v) is 12.2. The quantitative estimate of drug-likeness (QED) is 0.748. The van der Waals surface area contributed by atoms with Crippen LogP contribution >= 0.6 is 11.8 Å². The lowest BCUT2D eigenvalue weighted by Crippen LogP contribution is -2.25. The lowest BCUT2D eigenvalue weighted by atomic mass is 10.3. The van der Waals surface area contributed by atoms with E-state index in [9.17, 15) is 0 Å². The van der Waals surface area contributed by atoms with Crippen molar-refractivity contribution >= 4 is 22.8 Å². The van der Waals surface area contributed by atoms with Gasteiger partial charge in [0, 0.05) is 19.3 Å². The molecule has 0 saturated heterocycles. The fourth-order valence-corrected chi connectivity index (χ4v) is 3.05. The Morgan fingerprint density at radius 3 is 2.61 bits per heavy atom. The highest BCUT2D eigenvalue weighted by Gasteiger charge is 2.07. The summed E-state index contributed by atoms with van der Waals surface area (Å²) in [6.07, 6.45) is 0. The first kappa shape index (κ1) is 13.4. The van der Waals surface area contributed by atoms with Crippen molar-refractivity contribution in [3.63, 3.8) is 0 Å². The summed E-state index contributed by atoms with van der Waals surface area (Å²) in [6.45, 7) is 7.80. The van der Waals surface area contributed by atoms with Crippen molar-refractivity contribution in [1.82, 2.24) is 14.5 Å². The predicted molar refractivity (Wildman–Crippen MR) is 79.2 cm³/mol. The maximum atomic E-state index is 4.67. The third-order valence-electron chi connectivity index (χ3n) is 3.28. The number of thioether (sulfide) groups is 1. The van der Waals surface area contributed by atoms with Crippen molar-refractivity contribution in [2.45, 2.75) is 19.0 Å². The number of hydrogen-bond donors (Lipinski definition) is 0. The average Bonchev–Trinajstić information content (AvgIpc) is 2.72. The molecule has 98 valence electrons. The molecule has 0 aliphatic rings. The van der Waals surface area contributed by atoms with Crippen LogP contribution in [0.25, 0.3) is 11.0 Å². The minimum absolute atomic E-state index is 1.09. The van der Waals surface area contributed by atoms with Crippen molar-refractivity contribution in [3.05, 3.63) is 24.3 Å². The highest BCUT2D eigenvalue weighted by atomic mass is 32.2. The fraction of sp³-hybridized carbons (Fsp3) is 0.500. The highest BCUT2D eigenvalue weighted by Crippen LogP contribution is 2.22. The fourth-order valence-electron chi connectivity index (χ4n) is 2.06. The first-order chi connectivity index (χ1) is 8.76. The second kappa shape index (κ2) is 6.25. The number of aromatic nitrogens is 2. The molecule has 0 unspecified atom stereocenters. The van der Waals surface area contributed by atoms with Gasteiger partial charge in [-0.1, -0.05) is 37.7 Å². The van der Waals surface area contributed by atoms with Gasteiger partial charge in [-0.15, -0.1) is 0 Å². The molecule has 3 nitrogen and oxygen atoms in total. The molecule has 1 aromatic heterocycles. The van der Waals surface area contributed by atoms with E-state index in [2.05, 4.69) is 53.5 Å². The molecule has 1 aromatic carbocycles. The van der Waals surface area contributed by atoms with E-state index in [4.69, 9.17) is 0 Å². The van der Waals surface area contributed by atoms with Crippen LogP contribution in [0.5, 0.6) is 0 Å². The topological polar surface area (TPSA) is 21.1 Å². The SMILES string of the molecule is CCN(CC)CCSc1nc2ccccc2n1C. The Morgan fingerprint density at radius 1 is 1.22 bits per heavy atom. The monoisotopic (exact) mass is 263 g/mol. The molecule has 0 aliphatic heterocycles. The second-order valence-corrected chi connectivity index (χ2v) is 5.38. The Bertz CT molecular complexity index is 503. The third-order valence-corrected chi connectivity index (χ3v) is 4.29. The van der Waals surface area contributed by atoms with Crippen LogP contribution in [-0.4, -0.2) is 39.8 Å². The summed E-state index contributed by atoms with van der Waals surface area (Å²) in [5.74, 6) is 1.10. The summed E-state index contributed by atoms with van der Waals surface area (Å²) in [5, 5.41) is 1.11. The van der Waals surface area contributed by atoms with Gasteiger partial charge in [-0.25, -0.2) is 4.98 Å². The molecule has 0 saturated carbocycles. The van der Waals surface area contributed by atoms with Crippen molar-refractivity contribution in [1.29, 1.82) is 0 Å². The van der Waals surface area contributed by atoms with Crippen molar-refractivity contribution in [2.24, 2.45) is 7.05 Å². The molecule has 4 heteroatoms. The maximum absolute atomic E-state index is 4.67. The number of imidazole rings is 1. The first-order valence-electron chi connectivity index (χ1n) is 6.52. The maximum Gasteiger partial charge on any atom is 0.168 e. The van der Waals surface area contributed by atoms with Gasteiger partial charge in [0.05, 0.1) is 11.0 Å². The number of nitrogens with zero attached hydrogens (tertiary/aromatic N) is 3. The van der Waals surface area contributed by atoms with Gasteiger partial charge in [0.2, 0.25) is 0 Å². The largest absolute Gasteiger partial charge is 0.322 e. The highest BCUT2D eigenvalue weighted by molar-refractivity contribution is 7.99. The molecule has 0 radical (unpaired) electrons. The van der Waals surface area contributed by atoms with Crippen molar-refractivity contribution in [3.8, 4) is 0 Å². The standard InChI is InChI=1S/C14H21N3S/c1-4-17(5-2)10-11-18-14-15-12-8-6-7-9-13(12)16(14)3/h6-9H,4-5,10-11H2,1-3H3. The van der Waals surface area contributed by atoms with Crippen LogP contribution in [0, 0.1) is 0 Å². The summed E-state index contributed by atoms with van der Waals surface area (Å²) >= 11 is 1.84. The Kier molecular flexibility index (Phi) is 4.66. The minimum atomic E-state index is 1.09. The number of benzene rings is 1. The van der Waals surface area contributed by atoms with E-state index in [0.29, 0.717) is 0 Å². The molecule has 0 aliphatic carbocycles. The molecule has 0 N–H and O–H groups in total. The van der Waals surface area contributed by atoms with Crippen LogP contribution in [0.4, 0.5) is 0 Å². The van der Waals surface area contributed by atoms with Crippen LogP contribution in [0.3, 0.4) is 0 Å². The molecule has 0 spiro atoms. The Balaban J connectivity index is 2.01. The zero-order valence-electron chi connectivity index (χ0n) is 11.4. The molecule has 0 atom stereocenters. The summed E-state index contributed by atoms with van der Waals surface area (Å²) in [6, 6.07) is 8.30. The van der Waals surface area contributed by atoms with E-state index in [1.165, 1.54) is 5.52 Å². The van der Waals surface area contributed by atoms with Gasteiger partial charge in [0.1, 0.15) is 0 Å². The Labute approximate surface area is 113 Å². The molecular weight excluding hydrogens is 242 g/mol. The van der Waals surface area contributed by atoms with Crippen LogP contribution in [0.1, 0.15) is 13.8 Å². The average molecular weight is 263 g/mol. The number of rotatable bonds is 6. The summed E-state index contributed by atoms with van der Waals surface area (Å²) < 4.78 is 2.18. The molecule has 0 bridgehead atoms. The first-order valence-corrected chi connectivity index (χ1v) is 7.51. The predicted octanol–water partition coefficient (Wildman–Crippen LogP) is 3.01. The van der Waals surface area contributed by atoms with E-state index in [-0.39, 0.29) is 0 Å². The normalized spacial score (nSPS) is 11.6. The number of hydrogen-bond acceptors (Lipinski definition) is 3. The van der Waals surface area contributed by atoms with Crippen LogP contribution in [0.2, 0.25) is 0 Å². The Morgan fingerprint density at radius 2 is 1.94 bits per heavy atom. The van der Waals surface area contributed by atoms with Crippen LogP contribution in [-0.2, 0) is 7.05 Å². The van der Waals surface area contributed by atoms with E-state index in [1.54, 1.807) is 0 Å². The number of aryl methyl sites for hydroxylation is 1. The van der Waals surface area contributed by atoms with Gasteiger partial charge in [-0.05, 0) is 25.2 Å². The molecule has 18 heavy (non-hydrogen) atoms. The zero-order chi connectivity index (χ0) is 13.0. The number of fused-ring (bicyclic) bond motifs is 1. The van der Waals surface area contributed by atoms with E-state index >= 15 is 0 Å². The molecule has 0 amide bonds. The summed E-state index contributed by atoms with van der Waals surface area (Å²) in [5.41, 5.74) is 2.30. The molecule has 2 aromatic rings. The summed E-state index contributed by atoms with van der Waals surface area (Å²) in [4.78, 5) is 7.11. The molecule has 2 rings (SSSR count). The minimum Gasteiger partial charge on any atom is -0.322 e.